The molecule has 1 aliphatic heterocycles. The third-order valence-corrected chi connectivity index (χ3v) is 10.0. The van der Waals surface area contributed by atoms with E-state index in [1.54, 1.807) is 21.3 Å². The Bertz CT molecular complexity index is 1790. The standard InChI is InChI=1S/C51H81N3O22/c1-40(55)52-43-6-7-44(53-41(2)56)48-47(43)50(57)54(51(48)58)42-38-45(74-35-32-71-29-26-68-23-20-65-17-14-62-11-8-59-3)49(76-37-34-73-31-28-70-25-22-67-19-16-64-13-10-61-5)46(39-42)75-36-33-72-30-27-69-24-21-66-18-15-63-12-9-60-4/h6-7,38-39H,8-37H2,1-5H3,(H,52,55)(H,53,56). The molecule has 0 unspecified atom stereocenters. The second-order valence-corrected chi connectivity index (χ2v) is 15.9. The number of benzene rings is 2. The Hall–Kier alpha value is -4.68. The molecular formula is C51H81N3O22. The van der Waals surface area contributed by atoms with Crippen LogP contribution in [0.25, 0.3) is 0 Å². The first-order valence-electron chi connectivity index (χ1n) is 25.3. The number of methoxy groups -OCH3 is 3. The molecule has 0 aliphatic carbocycles. The SMILES string of the molecule is COCCOCCOCCOCCOCCOc1cc(N2C(=O)c3c(NC(C)=O)ccc(NC(C)=O)c3C2=O)cc(OCCOCCOCCOCCOCCOC)c1OCCOCCOCCOCCOCCOC. The fraction of sp³-hybridized carbons (Fsp3) is 0.686. The smallest absolute Gasteiger partial charge is 0.268 e. The van der Waals surface area contributed by atoms with E-state index in [4.69, 9.17) is 85.3 Å². The van der Waals surface area contributed by atoms with Gasteiger partial charge < -0.3 is 95.9 Å². The quantitative estimate of drug-likeness (QED) is 0.0713. The summed E-state index contributed by atoms with van der Waals surface area (Å²) in [6.45, 7) is 12.7. The maximum absolute atomic E-state index is 14.4. The van der Waals surface area contributed by atoms with Crippen LogP contribution in [0, 0.1) is 0 Å². The van der Waals surface area contributed by atoms with Crippen LogP contribution in [0.1, 0.15) is 34.6 Å². The predicted octanol–water partition coefficient (Wildman–Crippen LogP) is 2.68. The molecule has 0 aromatic heterocycles. The molecule has 2 N–H and O–H groups in total. The molecule has 0 spiro atoms. The Morgan fingerprint density at radius 1 is 0.368 bits per heavy atom. The van der Waals surface area contributed by atoms with Crippen molar-refractivity contribution in [1.29, 1.82) is 0 Å². The summed E-state index contributed by atoms with van der Waals surface area (Å²) in [5.74, 6) is -2.16. The lowest BCUT2D eigenvalue weighted by molar-refractivity contribution is -0.115. The first kappa shape index (κ1) is 65.6. The van der Waals surface area contributed by atoms with Crippen LogP contribution in [0.2, 0.25) is 0 Å². The number of amides is 4. The van der Waals surface area contributed by atoms with Gasteiger partial charge in [0.05, 0.1) is 207 Å². The predicted molar refractivity (Wildman–Crippen MR) is 275 cm³/mol. The van der Waals surface area contributed by atoms with Gasteiger partial charge in [-0.05, 0) is 12.1 Å². The molecular weight excluding hydrogens is 1010 g/mol. The number of hydrogen-bond donors (Lipinski definition) is 2. The van der Waals surface area contributed by atoms with Crippen LogP contribution in [0.4, 0.5) is 17.1 Å². The molecule has 0 bridgehead atoms. The lowest BCUT2D eigenvalue weighted by Gasteiger charge is -2.22. The van der Waals surface area contributed by atoms with Crippen molar-refractivity contribution >= 4 is 40.7 Å². The number of fused-ring (bicyclic) bond motifs is 1. The highest BCUT2D eigenvalue weighted by molar-refractivity contribution is 6.38. The summed E-state index contributed by atoms with van der Waals surface area (Å²) in [4.78, 5) is 54.2. The molecule has 0 saturated carbocycles. The number of rotatable bonds is 51. The largest absolute Gasteiger partial charge is 0.487 e. The number of imide groups is 1. The summed E-state index contributed by atoms with van der Waals surface area (Å²) in [7, 11) is 4.84. The Morgan fingerprint density at radius 2 is 0.605 bits per heavy atom. The molecule has 25 heteroatoms. The van der Waals surface area contributed by atoms with Crippen molar-refractivity contribution in [3.63, 3.8) is 0 Å². The van der Waals surface area contributed by atoms with Gasteiger partial charge in [-0.3, -0.25) is 19.2 Å². The maximum Gasteiger partial charge on any atom is 0.268 e. The zero-order valence-corrected chi connectivity index (χ0v) is 45.0. The van der Waals surface area contributed by atoms with Gasteiger partial charge in [-0.2, -0.15) is 0 Å². The molecule has 1 aliphatic rings. The molecule has 2 aromatic rings. The Balaban J connectivity index is 1.73. The number of carbonyl (C=O) groups is 4. The molecule has 432 valence electrons. The van der Waals surface area contributed by atoms with Crippen LogP contribution in [0.15, 0.2) is 24.3 Å². The van der Waals surface area contributed by atoms with Gasteiger partial charge in [0.25, 0.3) is 11.8 Å². The summed E-state index contributed by atoms with van der Waals surface area (Å²) >= 11 is 0. The Labute approximate surface area is 445 Å². The van der Waals surface area contributed by atoms with Crippen molar-refractivity contribution in [2.45, 2.75) is 13.8 Å². The third kappa shape index (κ3) is 28.1. The number of hydrogen-bond acceptors (Lipinski definition) is 22. The van der Waals surface area contributed by atoms with E-state index in [0.717, 1.165) is 4.90 Å². The summed E-state index contributed by atoms with van der Waals surface area (Å²) in [6.07, 6.45) is 0. The zero-order chi connectivity index (χ0) is 54.7. The highest BCUT2D eigenvalue weighted by Gasteiger charge is 2.42. The van der Waals surface area contributed by atoms with E-state index in [1.165, 1.54) is 38.1 Å². The van der Waals surface area contributed by atoms with E-state index >= 15 is 0 Å². The van der Waals surface area contributed by atoms with Crippen LogP contribution in [-0.4, -0.2) is 243 Å². The summed E-state index contributed by atoms with van der Waals surface area (Å²) in [5, 5.41) is 5.24. The minimum atomic E-state index is -0.774. The molecule has 0 saturated heterocycles. The molecule has 2 aromatic carbocycles. The first-order chi connectivity index (χ1) is 37.2. The normalized spacial score (nSPS) is 12.1. The number of carbonyl (C=O) groups excluding carboxylic acids is 4. The van der Waals surface area contributed by atoms with Gasteiger partial charge in [0.2, 0.25) is 17.6 Å². The average molecular weight is 1090 g/mol. The van der Waals surface area contributed by atoms with Crippen molar-refractivity contribution in [3.05, 3.63) is 35.4 Å². The third-order valence-electron chi connectivity index (χ3n) is 10.0. The fourth-order valence-corrected chi connectivity index (χ4v) is 6.57. The number of ether oxygens (including phenoxy) is 18. The fourth-order valence-electron chi connectivity index (χ4n) is 6.57. The molecule has 0 fully saturated rings. The van der Waals surface area contributed by atoms with Gasteiger partial charge in [-0.25, -0.2) is 4.90 Å². The van der Waals surface area contributed by atoms with E-state index in [-0.39, 0.29) is 105 Å². The monoisotopic (exact) mass is 1090 g/mol. The minimum Gasteiger partial charge on any atom is -0.487 e. The molecule has 76 heavy (non-hydrogen) atoms. The number of anilines is 3. The van der Waals surface area contributed by atoms with E-state index in [9.17, 15) is 19.2 Å². The van der Waals surface area contributed by atoms with Crippen LogP contribution in [-0.2, 0) is 80.6 Å². The first-order valence-corrected chi connectivity index (χ1v) is 25.3. The molecule has 0 atom stereocenters. The van der Waals surface area contributed by atoms with Gasteiger partial charge in [-0.1, -0.05) is 0 Å². The second-order valence-electron chi connectivity index (χ2n) is 15.9. The maximum atomic E-state index is 14.4. The minimum absolute atomic E-state index is 0.00161. The number of nitrogens with zero attached hydrogens (tertiary/aromatic N) is 1. The summed E-state index contributed by atoms with van der Waals surface area (Å²) in [5.41, 5.74) is -0.0256. The van der Waals surface area contributed by atoms with Crippen molar-refractivity contribution in [3.8, 4) is 17.2 Å². The van der Waals surface area contributed by atoms with Crippen molar-refractivity contribution in [2.75, 3.05) is 235 Å². The van der Waals surface area contributed by atoms with Crippen molar-refractivity contribution < 1.29 is 104 Å². The molecule has 1 heterocycles. The highest BCUT2D eigenvalue weighted by Crippen LogP contribution is 2.45. The van der Waals surface area contributed by atoms with Crippen LogP contribution in [0.3, 0.4) is 0 Å². The second kappa shape index (κ2) is 43.3. The van der Waals surface area contributed by atoms with Gasteiger partial charge >= 0.3 is 0 Å². The average Bonchev–Trinajstić information content (AvgIpc) is 3.67. The number of nitrogens with one attached hydrogen (secondary N) is 2. The zero-order valence-electron chi connectivity index (χ0n) is 45.0. The summed E-state index contributed by atoms with van der Waals surface area (Å²) in [6, 6.07) is 5.80. The van der Waals surface area contributed by atoms with Crippen molar-refractivity contribution in [2.24, 2.45) is 0 Å². The summed E-state index contributed by atoms with van der Waals surface area (Å²) < 4.78 is 101. The van der Waals surface area contributed by atoms with E-state index < -0.39 is 23.6 Å². The van der Waals surface area contributed by atoms with E-state index in [0.29, 0.717) is 139 Å². The van der Waals surface area contributed by atoms with Gasteiger partial charge in [0.15, 0.2) is 11.5 Å². The van der Waals surface area contributed by atoms with Crippen LogP contribution in [0.5, 0.6) is 17.2 Å². The van der Waals surface area contributed by atoms with Crippen LogP contribution < -0.4 is 29.7 Å². The van der Waals surface area contributed by atoms with Crippen LogP contribution >= 0.6 is 0 Å². The van der Waals surface area contributed by atoms with Crippen molar-refractivity contribution in [1.82, 2.24) is 0 Å². The Kier molecular flexibility index (Phi) is 37.4. The Morgan fingerprint density at radius 3 is 0.855 bits per heavy atom. The lowest BCUT2D eigenvalue weighted by atomic mass is 10.0. The molecule has 4 amide bonds. The van der Waals surface area contributed by atoms with E-state index in [2.05, 4.69) is 10.6 Å². The van der Waals surface area contributed by atoms with Gasteiger partial charge in [-0.15, -0.1) is 0 Å². The lowest BCUT2D eigenvalue weighted by Crippen LogP contribution is -2.30. The highest BCUT2D eigenvalue weighted by atomic mass is 16.6. The van der Waals surface area contributed by atoms with Gasteiger partial charge in [0.1, 0.15) is 19.8 Å². The van der Waals surface area contributed by atoms with E-state index in [1.807, 2.05) is 0 Å². The molecule has 0 radical (unpaired) electrons. The van der Waals surface area contributed by atoms with Gasteiger partial charge in [0, 0.05) is 47.3 Å². The molecule has 25 nitrogen and oxygen atoms in total. The topological polar surface area (TPSA) is 262 Å². The molecule has 3 rings (SSSR count).